The van der Waals surface area contributed by atoms with E-state index in [-0.39, 0.29) is 5.91 Å². The molecule has 1 aromatic heterocycles. The first-order valence-corrected chi connectivity index (χ1v) is 11.6. The molecule has 0 atom stereocenters. The van der Waals surface area contributed by atoms with Gasteiger partial charge >= 0.3 is 11.9 Å². The number of carbonyl (C=O) groups excluding carboxylic acids is 1. The zero-order valence-electron chi connectivity index (χ0n) is 21.2. The number of benzene rings is 1. The molecule has 1 amide bonds. The molecule has 3 N–H and O–H groups in total. The van der Waals surface area contributed by atoms with Gasteiger partial charge in [-0.3, -0.25) is 9.69 Å². The Kier molecular flexibility index (Phi) is 11.1. The molecule has 0 aliphatic carbocycles. The minimum atomic E-state index is -1.82. The molecule has 1 aliphatic heterocycles. The van der Waals surface area contributed by atoms with Crippen LogP contribution in [0.2, 0.25) is 0 Å². The van der Waals surface area contributed by atoms with Crippen LogP contribution < -0.4 is 15.0 Å². The number of aromatic nitrogens is 1. The van der Waals surface area contributed by atoms with E-state index in [1.807, 2.05) is 24.3 Å². The van der Waals surface area contributed by atoms with E-state index in [0.29, 0.717) is 23.5 Å². The lowest BCUT2D eigenvalue weighted by atomic mass is 10.1. The largest absolute Gasteiger partial charge is 0.495 e. The molecular weight excluding hydrogens is 480 g/mol. The molecule has 0 bridgehead atoms. The fourth-order valence-corrected chi connectivity index (χ4v) is 3.68. The van der Waals surface area contributed by atoms with Gasteiger partial charge < -0.3 is 30.1 Å². The van der Waals surface area contributed by atoms with Crippen molar-refractivity contribution in [3.05, 3.63) is 47.7 Å². The average molecular weight is 513 g/mol. The van der Waals surface area contributed by atoms with Crippen LogP contribution in [0.5, 0.6) is 5.75 Å². The van der Waals surface area contributed by atoms with Crippen LogP contribution in [0.25, 0.3) is 0 Å². The number of nitriles is 1. The van der Waals surface area contributed by atoms with Crippen molar-refractivity contribution in [2.45, 2.75) is 6.42 Å². The van der Waals surface area contributed by atoms with Gasteiger partial charge in [0.25, 0.3) is 5.91 Å². The molecule has 198 valence electrons. The number of pyridine rings is 1. The van der Waals surface area contributed by atoms with Crippen LogP contribution in [0.4, 0.5) is 11.5 Å². The summed E-state index contributed by atoms with van der Waals surface area (Å²) in [6, 6.07) is 11.8. The zero-order valence-corrected chi connectivity index (χ0v) is 21.2. The first-order valence-electron chi connectivity index (χ1n) is 11.6. The number of hydrogen-bond acceptors (Lipinski definition) is 9. The van der Waals surface area contributed by atoms with Crippen molar-refractivity contribution >= 4 is 29.4 Å². The summed E-state index contributed by atoms with van der Waals surface area (Å²) in [6.45, 7) is 5.60. The molecule has 0 unspecified atom stereocenters. The standard InChI is InChI=1S/C23H30N6O2.C2H2O4/c1-27(2)23(30)19-15-18(16-24)17-26-22(19)25-9-6-10-28-11-13-29(14-12-28)20-7-4-5-8-21(20)31-3;3-1(4)2(5)6/h4-5,7-8,15,17H,6,9-14H2,1-3H3,(H,25,26);(H,3,4)(H,5,6). The molecule has 0 saturated carbocycles. The average Bonchev–Trinajstić information content (AvgIpc) is 2.91. The summed E-state index contributed by atoms with van der Waals surface area (Å²) in [5.41, 5.74) is 1.95. The quantitative estimate of drug-likeness (QED) is 0.347. The number of carboxylic acids is 2. The number of rotatable bonds is 8. The second-order valence-corrected chi connectivity index (χ2v) is 8.32. The lowest BCUT2D eigenvalue weighted by molar-refractivity contribution is -0.159. The highest BCUT2D eigenvalue weighted by Crippen LogP contribution is 2.28. The molecule has 1 fully saturated rings. The third-order valence-corrected chi connectivity index (χ3v) is 5.58. The second kappa shape index (κ2) is 14.3. The van der Waals surface area contributed by atoms with Gasteiger partial charge in [0.15, 0.2) is 0 Å². The Balaban J connectivity index is 0.000000717. The minimum absolute atomic E-state index is 0.167. The van der Waals surface area contributed by atoms with Crippen molar-refractivity contribution in [1.29, 1.82) is 5.26 Å². The Morgan fingerprint density at radius 3 is 2.35 bits per heavy atom. The summed E-state index contributed by atoms with van der Waals surface area (Å²) in [4.78, 5) is 41.2. The molecule has 0 spiro atoms. The van der Waals surface area contributed by atoms with E-state index in [4.69, 9.17) is 29.8 Å². The highest BCUT2D eigenvalue weighted by molar-refractivity contribution is 6.27. The van der Waals surface area contributed by atoms with Crippen LogP contribution in [0.1, 0.15) is 22.3 Å². The molecule has 2 aromatic rings. The maximum absolute atomic E-state index is 12.4. The number of aliphatic carboxylic acids is 2. The lowest BCUT2D eigenvalue weighted by Crippen LogP contribution is -2.47. The van der Waals surface area contributed by atoms with Gasteiger partial charge in [0.1, 0.15) is 17.6 Å². The van der Waals surface area contributed by atoms with Crippen molar-refractivity contribution in [1.82, 2.24) is 14.8 Å². The van der Waals surface area contributed by atoms with E-state index in [1.54, 1.807) is 27.3 Å². The number of amides is 1. The minimum Gasteiger partial charge on any atom is -0.495 e. The number of para-hydroxylation sites is 2. The second-order valence-electron chi connectivity index (χ2n) is 8.32. The summed E-state index contributed by atoms with van der Waals surface area (Å²) in [7, 11) is 5.09. The van der Waals surface area contributed by atoms with Crippen molar-refractivity contribution < 1.29 is 29.3 Å². The smallest absolute Gasteiger partial charge is 0.414 e. The van der Waals surface area contributed by atoms with E-state index in [0.717, 1.165) is 50.6 Å². The van der Waals surface area contributed by atoms with Gasteiger partial charge in [0.05, 0.1) is 23.9 Å². The lowest BCUT2D eigenvalue weighted by Gasteiger charge is -2.36. The Labute approximate surface area is 215 Å². The van der Waals surface area contributed by atoms with E-state index >= 15 is 0 Å². The number of hydrogen-bond donors (Lipinski definition) is 3. The Morgan fingerprint density at radius 1 is 1.14 bits per heavy atom. The molecule has 0 radical (unpaired) electrons. The first-order chi connectivity index (χ1) is 17.7. The van der Waals surface area contributed by atoms with Crippen LogP contribution in [-0.2, 0) is 9.59 Å². The monoisotopic (exact) mass is 512 g/mol. The maximum Gasteiger partial charge on any atom is 0.414 e. The van der Waals surface area contributed by atoms with Gasteiger partial charge in [-0.05, 0) is 31.2 Å². The predicted molar refractivity (Wildman–Crippen MR) is 137 cm³/mol. The fourth-order valence-electron chi connectivity index (χ4n) is 3.68. The Bertz CT molecular complexity index is 1110. The number of carboxylic acid groups (broad SMARTS) is 2. The first kappa shape index (κ1) is 28.9. The van der Waals surface area contributed by atoms with Gasteiger partial charge in [-0.15, -0.1) is 0 Å². The van der Waals surface area contributed by atoms with Crippen LogP contribution in [0.3, 0.4) is 0 Å². The van der Waals surface area contributed by atoms with Crippen molar-refractivity contribution in [3.8, 4) is 11.8 Å². The number of nitrogens with zero attached hydrogens (tertiary/aromatic N) is 5. The van der Waals surface area contributed by atoms with Crippen LogP contribution in [-0.4, -0.2) is 103 Å². The number of ether oxygens (including phenoxy) is 1. The molecule has 1 aliphatic rings. The number of methoxy groups -OCH3 is 1. The fraction of sp³-hybridized carbons (Fsp3) is 0.400. The molecule has 1 aromatic carbocycles. The summed E-state index contributed by atoms with van der Waals surface area (Å²) in [5, 5.41) is 27.2. The molecular formula is C25H32N6O6. The number of nitrogens with one attached hydrogen (secondary N) is 1. The third kappa shape index (κ3) is 8.66. The van der Waals surface area contributed by atoms with Gasteiger partial charge in [-0.25, -0.2) is 14.6 Å². The van der Waals surface area contributed by atoms with Gasteiger partial charge in [0, 0.05) is 53.0 Å². The summed E-state index contributed by atoms with van der Waals surface area (Å²) >= 11 is 0. The predicted octanol–water partition coefficient (Wildman–Crippen LogP) is 1.44. The molecule has 12 nitrogen and oxygen atoms in total. The molecule has 2 heterocycles. The highest BCUT2D eigenvalue weighted by Gasteiger charge is 2.19. The van der Waals surface area contributed by atoms with E-state index in [1.165, 1.54) is 11.1 Å². The van der Waals surface area contributed by atoms with Gasteiger partial charge in [0.2, 0.25) is 0 Å². The van der Waals surface area contributed by atoms with Crippen molar-refractivity contribution in [2.24, 2.45) is 0 Å². The van der Waals surface area contributed by atoms with Crippen LogP contribution >= 0.6 is 0 Å². The normalized spacial score (nSPS) is 13.0. The number of anilines is 2. The van der Waals surface area contributed by atoms with E-state index < -0.39 is 11.9 Å². The topological polar surface area (TPSA) is 159 Å². The summed E-state index contributed by atoms with van der Waals surface area (Å²) < 4.78 is 5.49. The summed E-state index contributed by atoms with van der Waals surface area (Å²) in [6.07, 6.45) is 2.43. The van der Waals surface area contributed by atoms with E-state index in [9.17, 15) is 4.79 Å². The van der Waals surface area contributed by atoms with Gasteiger partial charge in [-0.2, -0.15) is 5.26 Å². The van der Waals surface area contributed by atoms with Gasteiger partial charge in [-0.1, -0.05) is 12.1 Å². The van der Waals surface area contributed by atoms with Crippen LogP contribution in [0.15, 0.2) is 36.5 Å². The SMILES string of the molecule is COc1ccccc1N1CCN(CCCNc2ncc(C#N)cc2C(=O)N(C)C)CC1.O=C(O)C(=O)O. The highest BCUT2D eigenvalue weighted by atomic mass is 16.5. The van der Waals surface area contributed by atoms with E-state index in [2.05, 4.69) is 26.2 Å². The Hall–Kier alpha value is -4.37. The molecule has 37 heavy (non-hydrogen) atoms. The van der Waals surface area contributed by atoms with Crippen molar-refractivity contribution in [3.63, 3.8) is 0 Å². The van der Waals surface area contributed by atoms with Crippen LogP contribution in [0, 0.1) is 11.3 Å². The molecule has 3 rings (SSSR count). The third-order valence-electron chi connectivity index (χ3n) is 5.58. The maximum atomic E-state index is 12.4. The van der Waals surface area contributed by atoms with Crippen molar-refractivity contribution in [2.75, 3.05) is 70.7 Å². The number of carbonyl (C=O) groups is 3. The zero-order chi connectivity index (χ0) is 27.4. The molecule has 1 saturated heterocycles. The molecule has 12 heteroatoms. The summed E-state index contributed by atoms with van der Waals surface area (Å²) in [5.74, 6) is -2.37. The number of piperazine rings is 1. The Morgan fingerprint density at radius 2 is 1.78 bits per heavy atom.